The molecule has 5 heteroatoms. The van der Waals surface area contributed by atoms with Gasteiger partial charge in [-0.05, 0) is 49.9 Å². The molecule has 18 heavy (non-hydrogen) atoms. The number of carbonyl (C=O) groups excluding carboxylic acids is 2. The second-order valence-corrected chi connectivity index (χ2v) is 6.13. The average Bonchev–Trinajstić information content (AvgIpc) is 2.30. The van der Waals surface area contributed by atoms with E-state index >= 15 is 0 Å². The number of ketones is 2. The van der Waals surface area contributed by atoms with Crippen molar-refractivity contribution in [2.24, 2.45) is 5.92 Å². The van der Waals surface area contributed by atoms with Crippen LogP contribution < -0.4 is 0 Å². The van der Waals surface area contributed by atoms with Crippen LogP contribution in [0.15, 0.2) is 27.1 Å². The van der Waals surface area contributed by atoms with E-state index in [9.17, 15) is 14.0 Å². The van der Waals surface area contributed by atoms with E-state index in [0.29, 0.717) is 4.47 Å². The maximum Gasteiger partial charge on any atom is 0.220 e. The summed E-state index contributed by atoms with van der Waals surface area (Å²) in [6.45, 7) is 3.62. The molecule has 0 radical (unpaired) electrons. The number of hydrogen-bond acceptors (Lipinski definition) is 2. The van der Waals surface area contributed by atoms with Crippen LogP contribution in [-0.4, -0.2) is 17.7 Å². The third kappa shape index (κ3) is 3.99. The van der Waals surface area contributed by atoms with Gasteiger partial charge in [-0.25, -0.2) is 4.39 Å². The summed E-state index contributed by atoms with van der Waals surface area (Å²) in [5, 5.41) is 0. The molecule has 0 heterocycles. The monoisotopic (exact) mass is 378 g/mol. The summed E-state index contributed by atoms with van der Waals surface area (Å²) in [6, 6.07) is 4.63. The van der Waals surface area contributed by atoms with Gasteiger partial charge in [-0.2, -0.15) is 0 Å². The first kappa shape index (κ1) is 15.5. The van der Waals surface area contributed by atoms with Crippen molar-refractivity contribution in [3.63, 3.8) is 0 Å². The summed E-state index contributed by atoms with van der Waals surface area (Å²) in [4.78, 5) is 23.3. The molecule has 0 fully saturated rings. The molecule has 98 valence electrons. The molecule has 2 nitrogen and oxygen atoms in total. The fourth-order valence-electron chi connectivity index (χ4n) is 1.45. The summed E-state index contributed by atoms with van der Waals surface area (Å²) >= 11 is 6.49. The summed E-state index contributed by atoms with van der Waals surface area (Å²) in [5.74, 6) is -1.40. The third-order valence-electron chi connectivity index (χ3n) is 2.33. The van der Waals surface area contributed by atoms with Crippen LogP contribution in [0.5, 0.6) is 0 Å². The smallest absolute Gasteiger partial charge is 0.220 e. The van der Waals surface area contributed by atoms with E-state index in [1.54, 1.807) is 6.07 Å². The van der Waals surface area contributed by atoms with Crippen LogP contribution in [0.4, 0.5) is 4.39 Å². The SMILES string of the molecule is CC(C)CC(=O)C(F)C(=O)c1ccc(Br)c(Br)c1. The van der Waals surface area contributed by atoms with Gasteiger partial charge in [0.1, 0.15) is 0 Å². The molecule has 1 unspecified atom stereocenters. The summed E-state index contributed by atoms with van der Waals surface area (Å²) in [7, 11) is 0. The number of Topliss-reactive ketones (excluding diaryl/α,β-unsaturated/α-hetero) is 2. The molecule has 1 aromatic rings. The Kier molecular flexibility index (Phi) is 5.66. The third-order valence-corrected chi connectivity index (χ3v) is 4.21. The molecule has 0 aliphatic rings. The highest BCUT2D eigenvalue weighted by Crippen LogP contribution is 2.25. The number of rotatable bonds is 5. The molecular weight excluding hydrogens is 367 g/mol. The molecule has 0 aliphatic carbocycles. The van der Waals surface area contributed by atoms with Gasteiger partial charge in [0.15, 0.2) is 5.78 Å². The molecule has 0 bridgehead atoms. The van der Waals surface area contributed by atoms with Crippen molar-refractivity contribution < 1.29 is 14.0 Å². The van der Waals surface area contributed by atoms with E-state index in [1.165, 1.54) is 12.1 Å². The fraction of sp³-hybridized carbons (Fsp3) is 0.385. The molecule has 0 N–H and O–H groups in total. The number of hydrogen-bond donors (Lipinski definition) is 0. The van der Waals surface area contributed by atoms with Crippen LogP contribution in [0.25, 0.3) is 0 Å². The Labute approximate surface area is 122 Å². The lowest BCUT2D eigenvalue weighted by Crippen LogP contribution is -2.26. The van der Waals surface area contributed by atoms with Crippen LogP contribution in [0.1, 0.15) is 30.6 Å². The Balaban J connectivity index is 2.86. The lowest BCUT2D eigenvalue weighted by Gasteiger charge is -2.09. The molecular formula is C13H13Br2FO2. The van der Waals surface area contributed by atoms with E-state index < -0.39 is 17.7 Å². The van der Waals surface area contributed by atoms with Crippen molar-refractivity contribution in [1.82, 2.24) is 0 Å². The van der Waals surface area contributed by atoms with Crippen molar-refractivity contribution >= 4 is 43.4 Å². The summed E-state index contributed by atoms with van der Waals surface area (Å²) < 4.78 is 15.2. The largest absolute Gasteiger partial charge is 0.296 e. The Hall–Kier alpha value is -0.550. The van der Waals surface area contributed by atoms with Crippen LogP contribution >= 0.6 is 31.9 Å². The number of carbonyl (C=O) groups is 2. The van der Waals surface area contributed by atoms with Crippen molar-refractivity contribution in [2.45, 2.75) is 26.4 Å². The van der Waals surface area contributed by atoms with Crippen molar-refractivity contribution in [1.29, 1.82) is 0 Å². The molecule has 0 spiro atoms. The number of halogens is 3. The standard InChI is InChI=1S/C13H13Br2FO2/c1-7(2)5-11(17)12(16)13(18)8-3-4-9(14)10(15)6-8/h3-4,6-7,12H,5H2,1-2H3. The van der Waals surface area contributed by atoms with Crippen LogP contribution in [0.3, 0.4) is 0 Å². The van der Waals surface area contributed by atoms with Gasteiger partial charge in [-0.3, -0.25) is 9.59 Å². The molecule has 1 rings (SSSR count). The quantitative estimate of drug-likeness (QED) is 0.563. The highest BCUT2D eigenvalue weighted by molar-refractivity contribution is 9.13. The Bertz CT molecular complexity index is 472. The average molecular weight is 380 g/mol. The molecule has 0 saturated heterocycles. The van der Waals surface area contributed by atoms with Gasteiger partial charge in [0.2, 0.25) is 12.0 Å². The fourth-order valence-corrected chi connectivity index (χ4v) is 2.07. The second-order valence-electron chi connectivity index (χ2n) is 4.42. The van der Waals surface area contributed by atoms with Crippen LogP contribution in [-0.2, 0) is 4.79 Å². The second kappa shape index (κ2) is 6.57. The zero-order valence-electron chi connectivity index (χ0n) is 10.0. The van der Waals surface area contributed by atoms with Gasteiger partial charge >= 0.3 is 0 Å². The van der Waals surface area contributed by atoms with Gasteiger partial charge in [-0.15, -0.1) is 0 Å². The number of alkyl halides is 1. The number of benzene rings is 1. The topological polar surface area (TPSA) is 34.1 Å². The van der Waals surface area contributed by atoms with Gasteiger partial charge in [-0.1, -0.05) is 19.9 Å². The van der Waals surface area contributed by atoms with Crippen molar-refractivity contribution in [3.05, 3.63) is 32.7 Å². The highest BCUT2D eigenvalue weighted by Gasteiger charge is 2.27. The zero-order valence-corrected chi connectivity index (χ0v) is 13.2. The van der Waals surface area contributed by atoms with E-state index in [1.807, 2.05) is 13.8 Å². The lowest BCUT2D eigenvalue weighted by atomic mass is 9.98. The van der Waals surface area contributed by atoms with E-state index in [2.05, 4.69) is 31.9 Å². The first-order valence-electron chi connectivity index (χ1n) is 5.49. The van der Waals surface area contributed by atoms with Crippen LogP contribution in [0.2, 0.25) is 0 Å². The predicted octanol–water partition coefficient (Wildman–Crippen LogP) is 4.35. The Morgan fingerprint density at radius 3 is 2.33 bits per heavy atom. The first-order chi connectivity index (χ1) is 8.32. The van der Waals surface area contributed by atoms with E-state index in [0.717, 1.165) is 4.47 Å². The normalized spacial score (nSPS) is 12.6. The van der Waals surface area contributed by atoms with Crippen molar-refractivity contribution in [3.8, 4) is 0 Å². The lowest BCUT2D eigenvalue weighted by molar-refractivity contribution is -0.122. The maximum absolute atomic E-state index is 13.7. The van der Waals surface area contributed by atoms with Gasteiger partial charge < -0.3 is 0 Å². The van der Waals surface area contributed by atoms with Gasteiger partial charge in [0.05, 0.1) is 0 Å². The van der Waals surface area contributed by atoms with Crippen molar-refractivity contribution in [2.75, 3.05) is 0 Å². The predicted molar refractivity (Wildman–Crippen MR) is 75.5 cm³/mol. The van der Waals surface area contributed by atoms with Crippen LogP contribution in [0, 0.1) is 5.92 Å². The Morgan fingerprint density at radius 1 is 1.22 bits per heavy atom. The minimum Gasteiger partial charge on any atom is -0.296 e. The van der Waals surface area contributed by atoms with E-state index in [4.69, 9.17) is 0 Å². The van der Waals surface area contributed by atoms with Gasteiger partial charge in [0.25, 0.3) is 0 Å². The highest BCUT2D eigenvalue weighted by atomic mass is 79.9. The minimum absolute atomic E-state index is 0.0419. The minimum atomic E-state index is -2.07. The zero-order chi connectivity index (χ0) is 13.9. The molecule has 0 aromatic heterocycles. The first-order valence-corrected chi connectivity index (χ1v) is 7.07. The van der Waals surface area contributed by atoms with Gasteiger partial charge in [0, 0.05) is 20.9 Å². The molecule has 1 atom stereocenters. The molecule has 0 amide bonds. The maximum atomic E-state index is 13.7. The summed E-state index contributed by atoms with van der Waals surface area (Å²) in [6.07, 6.45) is -1.99. The van der Waals surface area contributed by atoms with E-state index in [-0.39, 0.29) is 17.9 Å². The molecule has 1 aromatic carbocycles. The molecule has 0 saturated carbocycles. The molecule has 0 aliphatic heterocycles. The summed E-state index contributed by atoms with van der Waals surface area (Å²) in [5.41, 5.74) is 0.190. The Morgan fingerprint density at radius 2 is 1.83 bits per heavy atom.